The van der Waals surface area contributed by atoms with Gasteiger partial charge in [-0.05, 0) is 29.8 Å². The van der Waals surface area contributed by atoms with Crippen LogP contribution >= 0.6 is 11.6 Å². The van der Waals surface area contributed by atoms with Crippen molar-refractivity contribution in [3.63, 3.8) is 0 Å². The second-order valence-corrected chi connectivity index (χ2v) is 5.13. The average molecular weight is 345 g/mol. The summed E-state index contributed by atoms with van der Waals surface area (Å²) in [5.74, 6) is -0.639. The van der Waals surface area contributed by atoms with Crippen LogP contribution in [0.15, 0.2) is 42.6 Å². The summed E-state index contributed by atoms with van der Waals surface area (Å²) in [5, 5.41) is 12.4. The van der Waals surface area contributed by atoms with Crippen LogP contribution < -0.4 is 5.32 Å². The number of alkyl halides is 3. The molecular formula is C15H12ClF3N2O2. The standard InChI is InChI=1S/C15H12ClF3N2O2/c16-11-4-1-9(2-5-11)12(8-22)21-14(23)10-3-6-13(20-7-10)15(17,18)19/h1-7,12,22H,8H2,(H,21,23). The average Bonchev–Trinajstić information content (AvgIpc) is 2.52. The summed E-state index contributed by atoms with van der Waals surface area (Å²) in [6, 6.07) is 7.52. The summed E-state index contributed by atoms with van der Waals surface area (Å²) in [4.78, 5) is 15.3. The maximum Gasteiger partial charge on any atom is 0.433 e. The molecule has 2 aromatic rings. The number of aliphatic hydroxyl groups excluding tert-OH is 1. The molecule has 0 saturated carbocycles. The van der Waals surface area contributed by atoms with Crippen LogP contribution in [-0.2, 0) is 6.18 Å². The van der Waals surface area contributed by atoms with Gasteiger partial charge in [-0.2, -0.15) is 13.2 Å². The zero-order chi connectivity index (χ0) is 17.0. The van der Waals surface area contributed by atoms with Crippen molar-refractivity contribution in [3.05, 3.63) is 64.4 Å². The van der Waals surface area contributed by atoms with Gasteiger partial charge in [-0.15, -0.1) is 0 Å². The Labute approximate surface area is 134 Å². The van der Waals surface area contributed by atoms with Crippen LogP contribution in [0.5, 0.6) is 0 Å². The summed E-state index contributed by atoms with van der Waals surface area (Å²) < 4.78 is 37.3. The first-order valence-electron chi connectivity index (χ1n) is 6.51. The smallest absolute Gasteiger partial charge is 0.394 e. The Balaban J connectivity index is 2.12. The first kappa shape index (κ1) is 17.2. The zero-order valence-corrected chi connectivity index (χ0v) is 12.4. The Kier molecular flexibility index (Phi) is 5.23. The van der Waals surface area contributed by atoms with Crippen molar-refractivity contribution in [1.29, 1.82) is 0 Å². The first-order valence-corrected chi connectivity index (χ1v) is 6.89. The minimum Gasteiger partial charge on any atom is -0.394 e. The molecule has 1 aromatic carbocycles. The Morgan fingerprint density at radius 3 is 2.35 bits per heavy atom. The molecule has 0 aliphatic heterocycles. The van der Waals surface area contributed by atoms with Crippen molar-refractivity contribution in [2.24, 2.45) is 0 Å². The summed E-state index contributed by atoms with van der Waals surface area (Å²) in [7, 11) is 0. The van der Waals surface area contributed by atoms with Crippen molar-refractivity contribution >= 4 is 17.5 Å². The van der Waals surface area contributed by atoms with Crippen LogP contribution in [0.2, 0.25) is 5.02 Å². The molecule has 0 spiro atoms. The van der Waals surface area contributed by atoms with Crippen LogP contribution in [0.4, 0.5) is 13.2 Å². The molecular weight excluding hydrogens is 333 g/mol. The van der Waals surface area contributed by atoms with E-state index < -0.39 is 23.8 Å². The van der Waals surface area contributed by atoms with Crippen LogP contribution in [0.1, 0.15) is 27.7 Å². The van der Waals surface area contributed by atoms with Crippen LogP contribution in [-0.4, -0.2) is 22.6 Å². The van der Waals surface area contributed by atoms with E-state index in [1.165, 1.54) is 0 Å². The fraction of sp³-hybridized carbons (Fsp3) is 0.200. The molecule has 1 heterocycles. The highest BCUT2D eigenvalue weighted by atomic mass is 35.5. The number of amides is 1. The van der Waals surface area contributed by atoms with Gasteiger partial charge in [0.15, 0.2) is 0 Å². The third-order valence-electron chi connectivity index (χ3n) is 3.08. The highest BCUT2D eigenvalue weighted by Gasteiger charge is 2.32. The van der Waals surface area contributed by atoms with E-state index >= 15 is 0 Å². The number of nitrogens with zero attached hydrogens (tertiary/aromatic N) is 1. The van der Waals surface area contributed by atoms with Gasteiger partial charge in [0.05, 0.1) is 18.2 Å². The minimum atomic E-state index is -4.56. The van der Waals surface area contributed by atoms with E-state index in [4.69, 9.17) is 11.6 Å². The van der Waals surface area contributed by atoms with Crippen molar-refractivity contribution in [1.82, 2.24) is 10.3 Å². The van der Waals surface area contributed by atoms with Crippen molar-refractivity contribution in [2.45, 2.75) is 12.2 Å². The number of hydrogen-bond donors (Lipinski definition) is 2. The lowest BCUT2D eigenvalue weighted by molar-refractivity contribution is -0.141. The van der Waals surface area contributed by atoms with E-state index in [2.05, 4.69) is 10.3 Å². The number of nitrogens with one attached hydrogen (secondary N) is 1. The van der Waals surface area contributed by atoms with Crippen molar-refractivity contribution in [3.8, 4) is 0 Å². The molecule has 23 heavy (non-hydrogen) atoms. The topological polar surface area (TPSA) is 62.2 Å². The monoisotopic (exact) mass is 344 g/mol. The van der Waals surface area contributed by atoms with E-state index in [0.29, 0.717) is 10.6 Å². The molecule has 1 unspecified atom stereocenters. The summed E-state index contributed by atoms with van der Waals surface area (Å²) in [6.45, 7) is -0.374. The third kappa shape index (κ3) is 4.43. The second-order valence-electron chi connectivity index (χ2n) is 4.69. The number of rotatable bonds is 4. The SMILES string of the molecule is O=C(NC(CO)c1ccc(Cl)cc1)c1ccc(C(F)(F)F)nc1. The summed E-state index contributed by atoms with van der Waals surface area (Å²) >= 11 is 5.76. The van der Waals surface area contributed by atoms with E-state index in [-0.39, 0.29) is 12.2 Å². The molecule has 1 atom stereocenters. The lowest BCUT2D eigenvalue weighted by Crippen LogP contribution is -2.31. The fourth-order valence-electron chi connectivity index (χ4n) is 1.87. The largest absolute Gasteiger partial charge is 0.433 e. The van der Waals surface area contributed by atoms with Gasteiger partial charge in [-0.1, -0.05) is 23.7 Å². The molecule has 8 heteroatoms. The molecule has 2 rings (SSSR count). The highest BCUT2D eigenvalue weighted by Crippen LogP contribution is 2.27. The minimum absolute atomic E-state index is 0.0367. The lowest BCUT2D eigenvalue weighted by atomic mass is 10.1. The number of carbonyl (C=O) groups is 1. The van der Waals surface area contributed by atoms with Gasteiger partial charge in [-0.25, -0.2) is 0 Å². The molecule has 0 aliphatic carbocycles. The molecule has 4 nitrogen and oxygen atoms in total. The van der Waals surface area contributed by atoms with Crippen molar-refractivity contribution < 1.29 is 23.1 Å². The Morgan fingerprint density at radius 1 is 1.22 bits per heavy atom. The lowest BCUT2D eigenvalue weighted by Gasteiger charge is -2.17. The molecule has 0 bridgehead atoms. The van der Waals surface area contributed by atoms with Crippen LogP contribution in [0.25, 0.3) is 0 Å². The number of pyridine rings is 1. The molecule has 0 fully saturated rings. The van der Waals surface area contributed by atoms with Crippen molar-refractivity contribution in [2.75, 3.05) is 6.61 Å². The van der Waals surface area contributed by atoms with Crippen LogP contribution in [0.3, 0.4) is 0 Å². The summed E-state index contributed by atoms with van der Waals surface area (Å²) in [6.07, 6.45) is -3.72. The second kappa shape index (κ2) is 6.97. The van der Waals surface area contributed by atoms with E-state index in [1.54, 1.807) is 24.3 Å². The molecule has 1 amide bonds. The van der Waals surface area contributed by atoms with Gasteiger partial charge in [0.2, 0.25) is 0 Å². The van der Waals surface area contributed by atoms with Gasteiger partial charge in [0, 0.05) is 11.2 Å². The van der Waals surface area contributed by atoms with Gasteiger partial charge < -0.3 is 10.4 Å². The van der Waals surface area contributed by atoms with Gasteiger partial charge in [0.1, 0.15) is 5.69 Å². The van der Waals surface area contributed by atoms with E-state index in [1.807, 2.05) is 0 Å². The van der Waals surface area contributed by atoms with E-state index in [9.17, 15) is 23.1 Å². The number of aromatic nitrogens is 1. The maximum atomic E-state index is 12.4. The van der Waals surface area contributed by atoms with Gasteiger partial charge in [-0.3, -0.25) is 9.78 Å². The highest BCUT2D eigenvalue weighted by molar-refractivity contribution is 6.30. The normalized spacial score (nSPS) is 12.7. The predicted octanol–water partition coefficient (Wildman–Crippen LogP) is 3.22. The number of carbonyl (C=O) groups excluding carboxylic acids is 1. The number of hydrogen-bond acceptors (Lipinski definition) is 3. The van der Waals surface area contributed by atoms with Crippen LogP contribution in [0, 0.1) is 0 Å². The van der Waals surface area contributed by atoms with Gasteiger partial charge in [0.25, 0.3) is 5.91 Å². The fourth-order valence-corrected chi connectivity index (χ4v) is 1.99. The molecule has 0 saturated heterocycles. The number of halogens is 4. The first-order chi connectivity index (χ1) is 10.8. The molecule has 0 radical (unpaired) electrons. The third-order valence-corrected chi connectivity index (χ3v) is 3.33. The number of benzene rings is 1. The molecule has 1 aromatic heterocycles. The Bertz CT molecular complexity index is 673. The predicted molar refractivity (Wildman–Crippen MR) is 78.0 cm³/mol. The van der Waals surface area contributed by atoms with Gasteiger partial charge >= 0.3 is 6.18 Å². The molecule has 122 valence electrons. The molecule has 0 aliphatic rings. The summed E-state index contributed by atoms with van der Waals surface area (Å²) in [5.41, 5.74) is -0.499. The van der Waals surface area contributed by atoms with E-state index in [0.717, 1.165) is 18.3 Å². The Hall–Kier alpha value is -2.12. The quantitative estimate of drug-likeness (QED) is 0.895. The molecule has 2 N–H and O–H groups in total. The number of aliphatic hydroxyl groups is 1. The Morgan fingerprint density at radius 2 is 1.87 bits per heavy atom. The zero-order valence-electron chi connectivity index (χ0n) is 11.6. The maximum absolute atomic E-state index is 12.4.